The van der Waals surface area contributed by atoms with Crippen molar-refractivity contribution < 1.29 is 9.53 Å². The minimum atomic E-state index is 0.0865. The number of hydrogen-bond acceptors (Lipinski definition) is 5. The Morgan fingerprint density at radius 2 is 1.89 bits per heavy atom. The van der Waals surface area contributed by atoms with Crippen LogP contribution in [0.2, 0.25) is 0 Å². The van der Waals surface area contributed by atoms with E-state index in [-0.39, 0.29) is 5.91 Å². The van der Waals surface area contributed by atoms with Crippen molar-refractivity contribution >= 4 is 28.6 Å². The van der Waals surface area contributed by atoms with Crippen molar-refractivity contribution in [2.24, 2.45) is 5.92 Å². The van der Waals surface area contributed by atoms with Crippen molar-refractivity contribution in [3.05, 3.63) is 46.2 Å². The van der Waals surface area contributed by atoms with Gasteiger partial charge in [0.2, 0.25) is 5.91 Å². The van der Waals surface area contributed by atoms with E-state index in [1.54, 1.807) is 0 Å². The third kappa shape index (κ3) is 3.81. The topological polar surface area (TPSA) is 44.8 Å². The van der Waals surface area contributed by atoms with Crippen LogP contribution in [0.4, 0.5) is 11.4 Å². The lowest BCUT2D eigenvalue weighted by molar-refractivity contribution is -0.118. The Labute approximate surface area is 170 Å². The van der Waals surface area contributed by atoms with Crippen LogP contribution in [0.1, 0.15) is 29.3 Å². The Morgan fingerprint density at radius 3 is 2.64 bits per heavy atom. The molecule has 0 unspecified atom stereocenters. The molecule has 1 saturated carbocycles. The number of ether oxygens (including phenoxy) is 1. The second kappa shape index (κ2) is 7.85. The summed E-state index contributed by atoms with van der Waals surface area (Å²) in [7, 11) is 0. The van der Waals surface area contributed by atoms with Gasteiger partial charge < -0.3 is 15.0 Å². The van der Waals surface area contributed by atoms with Crippen LogP contribution in [0.3, 0.4) is 0 Å². The summed E-state index contributed by atoms with van der Waals surface area (Å²) in [5.74, 6) is 0.817. The van der Waals surface area contributed by atoms with Crippen molar-refractivity contribution in [2.75, 3.05) is 49.6 Å². The van der Waals surface area contributed by atoms with Gasteiger partial charge in [-0.3, -0.25) is 9.69 Å². The van der Waals surface area contributed by atoms with E-state index < -0.39 is 0 Å². The first-order valence-electron chi connectivity index (χ1n) is 10.3. The molecule has 1 aliphatic carbocycles. The molecule has 148 valence electrons. The normalized spacial score (nSPS) is 22.7. The van der Waals surface area contributed by atoms with Gasteiger partial charge in [0.15, 0.2) is 0 Å². The molecule has 5 rings (SSSR count). The molecule has 2 fully saturated rings. The molecule has 5 nitrogen and oxygen atoms in total. The quantitative estimate of drug-likeness (QED) is 0.838. The van der Waals surface area contributed by atoms with Crippen molar-refractivity contribution in [1.82, 2.24) is 4.90 Å². The average molecular weight is 398 g/mol. The first-order valence-corrected chi connectivity index (χ1v) is 11.2. The lowest BCUT2D eigenvalue weighted by atomic mass is 9.96. The lowest BCUT2D eigenvalue weighted by Crippen LogP contribution is -2.41. The number of fused-ring (bicyclic) bond motifs is 1. The van der Waals surface area contributed by atoms with E-state index in [9.17, 15) is 4.79 Å². The predicted molar refractivity (Wildman–Crippen MR) is 113 cm³/mol. The smallest absolute Gasteiger partial charge is 0.238 e. The Morgan fingerprint density at radius 1 is 1.11 bits per heavy atom. The summed E-state index contributed by atoms with van der Waals surface area (Å²) in [6.45, 7) is 4.87. The minimum absolute atomic E-state index is 0.0865. The molecule has 1 atom stereocenters. The van der Waals surface area contributed by atoms with Crippen LogP contribution in [0.25, 0.3) is 0 Å². The number of thiophene rings is 1. The highest BCUT2D eigenvalue weighted by atomic mass is 32.1. The zero-order valence-electron chi connectivity index (χ0n) is 16.1. The van der Waals surface area contributed by atoms with Gasteiger partial charge in [0.1, 0.15) is 0 Å². The average Bonchev–Trinajstić information content (AvgIpc) is 3.45. The maximum atomic E-state index is 12.7. The van der Waals surface area contributed by atoms with Gasteiger partial charge >= 0.3 is 0 Å². The van der Waals surface area contributed by atoms with Gasteiger partial charge in [-0.25, -0.2) is 0 Å². The number of carbonyl (C=O) groups excluding carboxylic acids is 1. The van der Waals surface area contributed by atoms with Crippen molar-refractivity contribution in [1.29, 1.82) is 0 Å². The SMILES string of the molecule is O=C(CN1CCc2sccc2[C@H]1C1CC1)Nc1ccc(N2CCOCC2)cc1. The van der Waals surface area contributed by atoms with Gasteiger partial charge in [-0.2, -0.15) is 0 Å². The summed E-state index contributed by atoms with van der Waals surface area (Å²) in [5.41, 5.74) is 3.54. The van der Waals surface area contributed by atoms with Crippen LogP contribution >= 0.6 is 11.3 Å². The zero-order valence-corrected chi connectivity index (χ0v) is 16.9. The number of benzene rings is 1. The van der Waals surface area contributed by atoms with E-state index in [0.29, 0.717) is 12.6 Å². The van der Waals surface area contributed by atoms with Crippen molar-refractivity contribution in [2.45, 2.75) is 25.3 Å². The minimum Gasteiger partial charge on any atom is -0.378 e. The molecule has 28 heavy (non-hydrogen) atoms. The number of morpholine rings is 1. The second-order valence-corrected chi connectivity index (χ2v) is 9.00. The van der Waals surface area contributed by atoms with Crippen molar-refractivity contribution in [3.8, 4) is 0 Å². The third-order valence-electron chi connectivity index (χ3n) is 6.06. The number of anilines is 2. The number of rotatable bonds is 5. The molecule has 2 aromatic rings. The highest BCUT2D eigenvalue weighted by Gasteiger charge is 2.40. The predicted octanol–water partition coefficient (Wildman–Crippen LogP) is 3.53. The summed E-state index contributed by atoms with van der Waals surface area (Å²) in [4.78, 5) is 19.0. The molecule has 3 aliphatic rings. The molecule has 0 radical (unpaired) electrons. The van der Waals surface area contributed by atoms with Crippen LogP contribution in [0.15, 0.2) is 35.7 Å². The summed E-state index contributed by atoms with van der Waals surface area (Å²) in [6.07, 6.45) is 3.65. The van der Waals surface area contributed by atoms with E-state index in [2.05, 4.69) is 38.7 Å². The Kier molecular flexibility index (Phi) is 5.09. The largest absolute Gasteiger partial charge is 0.378 e. The van der Waals surface area contributed by atoms with Crippen LogP contribution in [0, 0.1) is 5.92 Å². The van der Waals surface area contributed by atoms with Crippen LogP contribution in [-0.4, -0.2) is 50.2 Å². The van der Waals surface area contributed by atoms with E-state index in [1.807, 2.05) is 23.5 Å². The number of nitrogens with one attached hydrogen (secondary N) is 1. The fraction of sp³-hybridized carbons (Fsp3) is 0.500. The molecule has 3 heterocycles. The number of carbonyl (C=O) groups is 1. The molecular formula is C22H27N3O2S. The van der Waals surface area contributed by atoms with Gasteiger partial charge in [0, 0.05) is 41.9 Å². The van der Waals surface area contributed by atoms with Gasteiger partial charge in [-0.15, -0.1) is 11.3 Å². The molecule has 6 heteroatoms. The standard InChI is InChI=1S/C22H27N3O2S/c26-21(23-17-3-5-18(6-4-17)24-10-12-27-13-11-24)15-25-9-7-20-19(8-14-28-20)22(25)16-1-2-16/h3-6,8,14,16,22H,1-2,7,9-13,15H2,(H,23,26)/t22-/m1/s1. The van der Waals surface area contributed by atoms with Gasteiger partial charge in [-0.1, -0.05) is 0 Å². The van der Waals surface area contributed by atoms with Gasteiger partial charge in [-0.05, 0) is 66.5 Å². The summed E-state index contributed by atoms with van der Waals surface area (Å²) < 4.78 is 5.41. The molecule has 1 saturated heterocycles. The van der Waals surface area contributed by atoms with Crippen molar-refractivity contribution in [3.63, 3.8) is 0 Å². The van der Waals surface area contributed by atoms with E-state index in [4.69, 9.17) is 4.74 Å². The molecule has 0 spiro atoms. The highest BCUT2D eigenvalue weighted by Crippen LogP contribution is 2.48. The van der Waals surface area contributed by atoms with Gasteiger partial charge in [0.25, 0.3) is 0 Å². The number of hydrogen-bond donors (Lipinski definition) is 1. The summed E-state index contributed by atoms with van der Waals surface area (Å²) in [5, 5.41) is 5.30. The third-order valence-corrected chi connectivity index (χ3v) is 7.06. The van der Waals surface area contributed by atoms with E-state index >= 15 is 0 Å². The molecule has 2 aliphatic heterocycles. The van der Waals surface area contributed by atoms with E-state index in [0.717, 1.165) is 50.9 Å². The van der Waals surface area contributed by atoms with Crippen LogP contribution < -0.4 is 10.2 Å². The fourth-order valence-electron chi connectivity index (χ4n) is 4.50. The van der Waals surface area contributed by atoms with E-state index in [1.165, 1.54) is 29.0 Å². The lowest BCUT2D eigenvalue weighted by Gasteiger charge is -2.35. The Balaban J connectivity index is 1.21. The summed E-state index contributed by atoms with van der Waals surface area (Å²) in [6, 6.07) is 10.9. The van der Waals surface area contributed by atoms with Gasteiger partial charge in [0.05, 0.1) is 19.8 Å². The first kappa shape index (κ1) is 18.2. The van der Waals surface area contributed by atoms with Crippen LogP contribution in [0.5, 0.6) is 0 Å². The fourth-order valence-corrected chi connectivity index (χ4v) is 5.41. The maximum absolute atomic E-state index is 12.7. The Bertz CT molecular complexity index is 825. The second-order valence-electron chi connectivity index (χ2n) is 8.00. The van der Waals surface area contributed by atoms with Crippen LogP contribution in [-0.2, 0) is 16.0 Å². The number of amides is 1. The molecule has 1 aromatic carbocycles. The monoisotopic (exact) mass is 397 g/mol. The molecule has 1 aromatic heterocycles. The Hall–Kier alpha value is -1.89. The zero-order chi connectivity index (χ0) is 18.9. The highest BCUT2D eigenvalue weighted by molar-refractivity contribution is 7.10. The molecule has 0 bridgehead atoms. The maximum Gasteiger partial charge on any atom is 0.238 e. The summed E-state index contributed by atoms with van der Waals surface area (Å²) >= 11 is 1.87. The molecular weight excluding hydrogens is 370 g/mol. The molecule has 1 N–H and O–H groups in total. The number of nitrogens with zero attached hydrogens (tertiary/aromatic N) is 2. The first-order chi connectivity index (χ1) is 13.8. The molecule has 1 amide bonds.